The molecule has 0 aromatic heterocycles. The second kappa shape index (κ2) is 6.11. The summed E-state index contributed by atoms with van der Waals surface area (Å²) in [6, 6.07) is 7.93. The lowest BCUT2D eigenvalue weighted by molar-refractivity contribution is -0.128. The van der Waals surface area contributed by atoms with Gasteiger partial charge >= 0.3 is 6.09 Å². The molecule has 1 aliphatic heterocycles. The number of benzene rings is 1. The molecule has 1 saturated heterocycles. The number of rotatable bonds is 2. The molecule has 1 aliphatic rings. The van der Waals surface area contributed by atoms with Gasteiger partial charge in [-0.2, -0.15) is 0 Å². The summed E-state index contributed by atoms with van der Waals surface area (Å²) in [6.45, 7) is 9.69. The van der Waals surface area contributed by atoms with Crippen LogP contribution in [-0.2, 0) is 9.53 Å². The Hall–Kier alpha value is -1.84. The number of ether oxygens (including phenoxy) is 1. The second-order valence-corrected chi connectivity index (χ2v) is 7.12. The zero-order valence-corrected chi connectivity index (χ0v) is 14.1. The third kappa shape index (κ3) is 3.67. The van der Waals surface area contributed by atoms with E-state index in [4.69, 9.17) is 4.74 Å². The lowest BCUT2D eigenvalue weighted by Gasteiger charge is -2.27. The van der Waals surface area contributed by atoms with Crippen molar-refractivity contribution >= 4 is 12.0 Å². The zero-order chi connectivity index (χ0) is 16.5. The molecule has 0 radical (unpaired) electrons. The molecule has 0 saturated carbocycles. The van der Waals surface area contributed by atoms with Gasteiger partial charge in [0.05, 0.1) is 6.04 Å². The molecule has 1 heterocycles. The lowest BCUT2D eigenvalue weighted by atomic mass is 9.98. The van der Waals surface area contributed by atoms with E-state index in [0.717, 1.165) is 5.56 Å². The Bertz CT molecular complexity index is 555. The lowest BCUT2D eigenvalue weighted by Crippen LogP contribution is -2.38. The van der Waals surface area contributed by atoms with Crippen LogP contribution in [0, 0.1) is 0 Å². The van der Waals surface area contributed by atoms with Gasteiger partial charge in [0.15, 0.2) is 0 Å². The molecule has 1 aromatic carbocycles. The molecule has 120 valence electrons. The quantitative estimate of drug-likeness (QED) is 0.813. The van der Waals surface area contributed by atoms with Gasteiger partial charge in [-0.05, 0) is 44.2 Å². The van der Waals surface area contributed by atoms with Crippen LogP contribution in [0.2, 0.25) is 0 Å². The van der Waals surface area contributed by atoms with E-state index >= 15 is 0 Å². The predicted molar refractivity (Wildman–Crippen MR) is 85.6 cm³/mol. The molecular weight excluding hydrogens is 278 g/mol. The van der Waals surface area contributed by atoms with Crippen LogP contribution in [0.15, 0.2) is 24.3 Å². The molecule has 1 unspecified atom stereocenters. The molecule has 2 rings (SSSR count). The van der Waals surface area contributed by atoms with Crippen molar-refractivity contribution in [2.45, 2.75) is 65.0 Å². The molecule has 0 aliphatic carbocycles. The van der Waals surface area contributed by atoms with Crippen LogP contribution < -0.4 is 0 Å². The number of hydrogen-bond donors (Lipinski definition) is 0. The van der Waals surface area contributed by atoms with Gasteiger partial charge in [0.2, 0.25) is 5.91 Å². The van der Waals surface area contributed by atoms with E-state index in [1.807, 2.05) is 12.1 Å². The van der Waals surface area contributed by atoms with Gasteiger partial charge in [-0.1, -0.05) is 38.1 Å². The first-order valence-corrected chi connectivity index (χ1v) is 7.84. The minimum absolute atomic E-state index is 0.160. The Morgan fingerprint density at radius 2 is 1.82 bits per heavy atom. The summed E-state index contributed by atoms with van der Waals surface area (Å²) in [5.74, 6) is 0.299. The Labute approximate surface area is 132 Å². The highest BCUT2D eigenvalue weighted by Gasteiger charge is 2.39. The number of hydrogen-bond acceptors (Lipinski definition) is 3. The topological polar surface area (TPSA) is 46.6 Å². The van der Waals surface area contributed by atoms with Crippen molar-refractivity contribution in [3.05, 3.63) is 35.4 Å². The van der Waals surface area contributed by atoms with Crippen LogP contribution in [-0.4, -0.2) is 22.5 Å². The SMILES string of the molecule is CC(C)c1ccc(C2CCC(=O)N2C(=O)OC(C)(C)C)cc1. The first-order chi connectivity index (χ1) is 10.2. The summed E-state index contributed by atoms with van der Waals surface area (Å²) in [5, 5.41) is 0. The van der Waals surface area contributed by atoms with Crippen LogP contribution >= 0.6 is 0 Å². The van der Waals surface area contributed by atoms with Crippen molar-refractivity contribution < 1.29 is 14.3 Å². The largest absolute Gasteiger partial charge is 0.443 e. The molecule has 1 atom stereocenters. The fourth-order valence-electron chi connectivity index (χ4n) is 2.64. The number of likely N-dealkylation sites (tertiary alicyclic amines) is 1. The molecule has 4 heteroatoms. The van der Waals surface area contributed by atoms with Crippen LogP contribution in [0.4, 0.5) is 4.79 Å². The monoisotopic (exact) mass is 303 g/mol. The van der Waals surface area contributed by atoms with Gasteiger partial charge in [0, 0.05) is 6.42 Å². The maximum Gasteiger partial charge on any atom is 0.417 e. The maximum absolute atomic E-state index is 12.3. The van der Waals surface area contributed by atoms with Gasteiger partial charge in [0.1, 0.15) is 5.60 Å². The summed E-state index contributed by atoms with van der Waals surface area (Å²) in [4.78, 5) is 25.7. The van der Waals surface area contributed by atoms with E-state index in [0.29, 0.717) is 18.8 Å². The van der Waals surface area contributed by atoms with Crippen molar-refractivity contribution in [3.63, 3.8) is 0 Å². The fraction of sp³-hybridized carbons (Fsp3) is 0.556. The summed E-state index contributed by atoms with van der Waals surface area (Å²) >= 11 is 0. The van der Waals surface area contributed by atoms with Crippen LogP contribution in [0.25, 0.3) is 0 Å². The molecule has 0 bridgehead atoms. The van der Waals surface area contributed by atoms with Crippen molar-refractivity contribution in [2.24, 2.45) is 0 Å². The average Bonchev–Trinajstić information content (AvgIpc) is 2.79. The first kappa shape index (κ1) is 16.5. The van der Waals surface area contributed by atoms with Gasteiger partial charge < -0.3 is 4.74 Å². The summed E-state index contributed by atoms with van der Waals surface area (Å²) in [7, 11) is 0. The van der Waals surface area contributed by atoms with Crippen LogP contribution in [0.1, 0.15) is 70.5 Å². The van der Waals surface area contributed by atoms with Crippen LogP contribution in [0.3, 0.4) is 0 Å². The van der Waals surface area contributed by atoms with E-state index in [1.54, 1.807) is 20.8 Å². The van der Waals surface area contributed by atoms with Gasteiger partial charge in [-0.15, -0.1) is 0 Å². The Morgan fingerprint density at radius 3 is 2.32 bits per heavy atom. The maximum atomic E-state index is 12.3. The number of carbonyl (C=O) groups is 2. The van der Waals surface area contributed by atoms with E-state index in [-0.39, 0.29) is 11.9 Å². The number of amides is 2. The highest BCUT2D eigenvalue weighted by molar-refractivity contribution is 5.94. The smallest absolute Gasteiger partial charge is 0.417 e. The highest BCUT2D eigenvalue weighted by atomic mass is 16.6. The van der Waals surface area contributed by atoms with Crippen molar-refractivity contribution in [1.82, 2.24) is 4.90 Å². The molecule has 22 heavy (non-hydrogen) atoms. The highest BCUT2D eigenvalue weighted by Crippen LogP contribution is 2.34. The van der Waals surface area contributed by atoms with E-state index in [1.165, 1.54) is 10.5 Å². The molecular formula is C18H25NO3. The van der Waals surface area contributed by atoms with Crippen molar-refractivity contribution in [3.8, 4) is 0 Å². The van der Waals surface area contributed by atoms with Gasteiger partial charge in [-0.25, -0.2) is 9.69 Å². The Kier molecular flexibility index (Phi) is 4.59. The third-order valence-electron chi connectivity index (χ3n) is 3.79. The number of carbonyl (C=O) groups excluding carboxylic acids is 2. The Balaban J connectivity index is 2.22. The molecule has 0 N–H and O–H groups in total. The zero-order valence-electron chi connectivity index (χ0n) is 14.1. The van der Waals surface area contributed by atoms with E-state index in [2.05, 4.69) is 26.0 Å². The molecule has 1 aromatic rings. The standard InChI is InChI=1S/C18H25NO3/c1-12(2)13-6-8-14(9-7-13)15-10-11-16(20)19(15)17(21)22-18(3,4)5/h6-9,12,15H,10-11H2,1-5H3. The predicted octanol–water partition coefficient (Wildman–Crippen LogP) is 4.41. The minimum Gasteiger partial charge on any atom is -0.443 e. The first-order valence-electron chi connectivity index (χ1n) is 7.84. The number of imide groups is 1. The van der Waals surface area contributed by atoms with Crippen LogP contribution in [0.5, 0.6) is 0 Å². The summed E-state index contributed by atoms with van der Waals surface area (Å²) in [6.07, 6.45) is 0.488. The molecule has 2 amide bonds. The molecule has 4 nitrogen and oxygen atoms in total. The minimum atomic E-state index is -0.605. The number of nitrogens with zero attached hydrogens (tertiary/aromatic N) is 1. The second-order valence-electron chi connectivity index (χ2n) is 7.12. The van der Waals surface area contributed by atoms with Gasteiger partial charge in [-0.3, -0.25) is 4.79 Å². The summed E-state index contributed by atoms with van der Waals surface area (Å²) < 4.78 is 5.37. The normalized spacial score (nSPS) is 18.9. The fourth-order valence-corrected chi connectivity index (χ4v) is 2.64. The molecule has 1 fully saturated rings. The average molecular weight is 303 g/mol. The summed E-state index contributed by atoms with van der Waals surface area (Å²) in [5.41, 5.74) is 1.63. The Morgan fingerprint density at radius 1 is 1.23 bits per heavy atom. The van der Waals surface area contributed by atoms with Crippen molar-refractivity contribution in [1.29, 1.82) is 0 Å². The van der Waals surface area contributed by atoms with Gasteiger partial charge in [0.25, 0.3) is 0 Å². The molecule has 0 spiro atoms. The van der Waals surface area contributed by atoms with E-state index in [9.17, 15) is 9.59 Å². The third-order valence-corrected chi connectivity index (χ3v) is 3.79. The van der Waals surface area contributed by atoms with E-state index < -0.39 is 11.7 Å². The van der Waals surface area contributed by atoms with Crippen molar-refractivity contribution in [2.75, 3.05) is 0 Å².